The fraction of sp³-hybridized carbons (Fsp3) is 0.600. The van der Waals surface area contributed by atoms with Crippen LogP contribution in [0.2, 0.25) is 0 Å². The quantitative estimate of drug-likeness (QED) is 0.0439. The van der Waals surface area contributed by atoms with Gasteiger partial charge in [0.2, 0.25) is 0 Å². The molecule has 0 aliphatic heterocycles. The predicted molar refractivity (Wildman–Crippen MR) is 191 cm³/mol. The molecule has 1 aromatic carbocycles. The number of carbonyl (C=O) groups is 4. The molecule has 0 bridgehead atoms. The van der Waals surface area contributed by atoms with Crippen molar-refractivity contribution in [1.29, 1.82) is 0 Å². The van der Waals surface area contributed by atoms with E-state index in [1.54, 1.807) is 13.2 Å². The molecule has 1 aromatic rings. The highest BCUT2D eigenvalue weighted by atomic mass is 16.6. The summed E-state index contributed by atoms with van der Waals surface area (Å²) in [5.41, 5.74) is 0. The van der Waals surface area contributed by atoms with Crippen LogP contribution in [0.5, 0.6) is 5.75 Å². The lowest BCUT2D eigenvalue weighted by Gasteiger charge is -2.22. The number of ketones is 2. The van der Waals surface area contributed by atoms with Crippen molar-refractivity contribution in [2.75, 3.05) is 13.7 Å². The van der Waals surface area contributed by atoms with E-state index in [0.717, 1.165) is 57.8 Å². The SMILES string of the molecule is C=CCCCCCCC(CC(=O)CC(COc1ccccc1)OC)CC(=O)OC(CCCCC=C)CC(=O)OC(CCC=C)CC(C)=O. The maximum Gasteiger partial charge on any atom is 0.309 e. The van der Waals surface area contributed by atoms with Crippen LogP contribution in [-0.2, 0) is 33.4 Å². The molecule has 0 heterocycles. The number of allylic oxidation sites excluding steroid dienone is 3. The van der Waals surface area contributed by atoms with Crippen molar-refractivity contribution in [3.05, 3.63) is 68.3 Å². The number of esters is 2. The van der Waals surface area contributed by atoms with Gasteiger partial charge in [-0.15, -0.1) is 19.7 Å². The lowest BCUT2D eigenvalue weighted by atomic mass is 9.91. The van der Waals surface area contributed by atoms with Crippen molar-refractivity contribution in [3.63, 3.8) is 0 Å². The normalized spacial score (nSPS) is 13.4. The third-order valence-electron chi connectivity index (χ3n) is 8.09. The summed E-state index contributed by atoms with van der Waals surface area (Å²) in [7, 11) is 1.56. The largest absolute Gasteiger partial charge is 0.491 e. The molecule has 0 amide bonds. The van der Waals surface area contributed by atoms with E-state index in [-0.39, 0.29) is 56.2 Å². The van der Waals surface area contributed by atoms with Crippen LogP contribution in [-0.4, -0.2) is 55.5 Å². The molecule has 8 heteroatoms. The molecule has 268 valence electrons. The average molecular weight is 669 g/mol. The van der Waals surface area contributed by atoms with Crippen LogP contribution >= 0.6 is 0 Å². The Morgan fingerprint density at radius 2 is 1.23 bits per heavy atom. The van der Waals surface area contributed by atoms with E-state index in [0.29, 0.717) is 25.0 Å². The van der Waals surface area contributed by atoms with Gasteiger partial charge in [0.05, 0.1) is 12.5 Å². The number of hydrogen-bond donors (Lipinski definition) is 0. The Morgan fingerprint density at radius 3 is 1.85 bits per heavy atom. The van der Waals surface area contributed by atoms with E-state index >= 15 is 0 Å². The highest BCUT2D eigenvalue weighted by molar-refractivity contribution is 5.80. The Kier molecular flexibility index (Phi) is 24.3. The van der Waals surface area contributed by atoms with Crippen LogP contribution in [0.15, 0.2) is 68.3 Å². The average Bonchev–Trinajstić information content (AvgIpc) is 3.05. The molecule has 0 saturated heterocycles. The summed E-state index contributed by atoms with van der Waals surface area (Å²) in [5.74, 6) is -0.470. The van der Waals surface area contributed by atoms with E-state index in [4.69, 9.17) is 18.9 Å². The maximum atomic E-state index is 13.3. The van der Waals surface area contributed by atoms with Crippen LogP contribution in [0.4, 0.5) is 0 Å². The molecular formula is C40H60O8. The van der Waals surface area contributed by atoms with Gasteiger partial charge in [-0.1, -0.05) is 55.7 Å². The number of rotatable bonds is 31. The molecule has 0 fully saturated rings. The lowest BCUT2D eigenvalue weighted by molar-refractivity contribution is -0.159. The van der Waals surface area contributed by atoms with Crippen LogP contribution in [0, 0.1) is 5.92 Å². The zero-order valence-electron chi connectivity index (χ0n) is 29.5. The Morgan fingerprint density at radius 1 is 0.646 bits per heavy atom. The van der Waals surface area contributed by atoms with E-state index in [2.05, 4.69) is 19.7 Å². The van der Waals surface area contributed by atoms with Gasteiger partial charge in [0, 0.05) is 32.8 Å². The summed E-state index contributed by atoms with van der Waals surface area (Å²) >= 11 is 0. The van der Waals surface area contributed by atoms with E-state index in [1.807, 2.05) is 42.5 Å². The molecular weight excluding hydrogens is 608 g/mol. The number of carbonyl (C=O) groups excluding carboxylic acids is 4. The number of benzene rings is 1. The predicted octanol–water partition coefficient (Wildman–Crippen LogP) is 8.87. The van der Waals surface area contributed by atoms with E-state index < -0.39 is 30.3 Å². The summed E-state index contributed by atoms with van der Waals surface area (Å²) in [6.45, 7) is 13.0. The molecule has 0 aliphatic carbocycles. The van der Waals surface area contributed by atoms with Crippen molar-refractivity contribution in [2.24, 2.45) is 5.92 Å². The first-order valence-corrected chi connectivity index (χ1v) is 17.6. The van der Waals surface area contributed by atoms with Gasteiger partial charge in [-0.3, -0.25) is 19.2 Å². The third kappa shape index (κ3) is 22.1. The Labute approximate surface area is 289 Å². The first kappa shape index (κ1) is 42.5. The number of methoxy groups -OCH3 is 1. The highest BCUT2D eigenvalue weighted by Crippen LogP contribution is 2.23. The van der Waals surface area contributed by atoms with Crippen molar-refractivity contribution in [1.82, 2.24) is 0 Å². The van der Waals surface area contributed by atoms with E-state index in [1.165, 1.54) is 6.92 Å². The summed E-state index contributed by atoms with van der Waals surface area (Å²) in [6.07, 6.45) is 14.2. The fourth-order valence-corrected chi connectivity index (χ4v) is 5.51. The van der Waals surface area contributed by atoms with Crippen LogP contribution in [0.25, 0.3) is 0 Å². The molecule has 0 spiro atoms. The molecule has 0 aliphatic rings. The number of hydrogen-bond acceptors (Lipinski definition) is 8. The van der Waals surface area contributed by atoms with Crippen LogP contribution in [0.3, 0.4) is 0 Å². The molecule has 4 unspecified atom stereocenters. The number of unbranched alkanes of at least 4 members (excludes halogenated alkanes) is 6. The minimum absolute atomic E-state index is 0.00330. The minimum atomic E-state index is -0.657. The molecule has 0 radical (unpaired) electrons. The second-order valence-electron chi connectivity index (χ2n) is 12.6. The second-order valence-corrected chi connectivity index (χ2v) is 12.6. The smallest absolute Gasteiger partial charge is 0.309 e. The minimum Gasteiger partial charge on any atom is -0.491 e. The van der Waals surface area contributed by atoms with Gasteiger partial charge < -0.3 is 18.9 Å². The lowest BCUT2D eigenvalue weighted by Crippen LogP contribution is -2.28. The molecule has 8 nitrogen and oxygen atoms in total. The Balaban J connectivity index is 2.88. The van der Waals surface area contributed by atoms with Crippen molar-refractivity contribution >= 4 is 23.5 Å². The molecule has 4 atom stereocenters. The van der Waals surface area contributed by atoms with Gasteiger partial charge in [0.1, 0.15) is 36.1 Å². The van der Waals surface area contributed by atoms with Gasteiger partial charge in [0.25, 0.3) is 0 Å². The summed E-state index contributed by atoms with van der Waals surface area (Å²) in [4.78, 5) is 51.2. The van der Waals surface area contributed by atoms with Crippen LogP contribution in [0.1, 0.15) is 116 Å². The molecule has 0 aromatic heterocycles. The molecule has 0 saturated carbocycles. The van der Waals surface area contributed by atoms with Gasteiger partial charge in [-0.25, -0.2) is 0 Å². The topological polar surface area (TPSA) is 105 Å². The van der Waals surface area contributed by atoms with Gasteiger partial charge in [-0.05, 0) is 82.8 Å². The zero-order valence-corrected chi connectivity index (χ0v) is 29.5. The molecule has 48 heavy (non-hydrogen) atoms. The highest BCUT2D eigenvalue weighted by Gasteiger charge is 2.26. The Hall–Kier alpha value is -3.52. The maximum absolute atomic E-state index is 13.3. The number of para-hydroxylation sites is 1. The summed E-state index contributed by atoms with van der Waals surface area (Å²) in [5, 5.41) is 0. The van der Waals surface area contributed by atoms with E-state index in [9.17, 15) is 19.2 Å². The number of ether oxygens (including phenoxy) is 4. The van der Waals surface area contributed by atoms with Gasteiger partial charge >= 0.3 is 11.9 Å². The third-order valence-corrected chi connectivity index (χ3v) is 8.09. The Bertz CT molecular complexity index is 1080. The second kappa shape index (κ2) is 27.4. The standard InChI is InChI=1S/C40H60O8/c1-6-9-12-14-15-17-21-33(27-34(42)29-38(45-5)31-46-35-23-19-16-20-24-35)28-39(43)48-37(25-18-13-10-7-2)30-40(44)47-36(22-11-8-3)26-32(4)41/h6-8,16,19-20,23-24,33,36-38H,1-3,9-15,17-18,21-22,25-31H2,4-5H3. The van der Waals surface area contributed by atoms with Crippen molar-refractivity contribution in [3.8, 4) is 5.75 Å². The van der Waals surface area contributed by atoms with Gasteiger partial charge in [0.15, 0.2) is 0 Å². The first-order valence-electron chi connectivity index (χ1n) is 17.6. The molecule has 0 N–H and O–H groups in total. The van der Waals surface area contributed by atoms with Crippen molar-refractivity contribution < 1.29 is 38.1 Å². The van der Waals surface area contributed by atoms with Crippen LogP contribution < -0.4 is 4.74 Å². The summed E-state index contributed by atoms with van der Waals surface area (Å²) in [6, 6.07) is 9.38. The van der Waals surface area contributed by atoms with Gasteiger partial charge in [-0.2, -0.15) is 0 Å². The fourth-order valence-electron chi connectivity index (χ4n) is 5.51. The molecule has 1 rings (SSSR count). The monoisotopic (exact) mass is 668 g/mol. The van der Waals surface area contributed by atoms with Crippen molar-refractivity contribution in [2.45, 2.75) is 134 Å². The summed E-state index contributed by atoms with van der Waals surface area (Å²) < 4.78 is 22.9. The zero-order chi connectivity index (χ0) is 35.4. The number of Topliss-reactive ketones (excluding diaryl/α,β-unsaturated/α-hetero) is 2. The first-order chi connectivity index (χ1) is 23.2.